The van der Waals surface area contributed by atoms with Gasteiger partial charge in [-0.05, 0) is 41.0 Å². The summed E-state index contributed by atoms with van der Waals surface area (Å²) >= 11 is 3.25. The van der Waals surface area contributed by atoms with Crippen molar-refractivity contribution in [3.8, 4) is 6.07 Å². The maximum absolute atomic E-state index is 13.2. The Morgan fingerprint density at radius 2 is 2.25 bits per heavy atom. The van der Waals surface area contributed by atoms with E-state index < -0.39 is 5.82 Å². The van der Waals surface area contributed by atoms with Crippen molar-refractivity contribution < 1.29 is 4.39 Å². The highest BCUT2D eigenvalue weighted by atomic mass is 127. The highest BCUT2D eigenvalue weighted by Gasteiger charge is 2.10. The molecule has 0 spiro atoms. The van der Waals surface area contributed by atoms with E-state index in [-0.39, 0.29) is 5.56 Å². The molecule has 4 heteroatoms. The van der Waals surface area contributed by atoms with Crippen molar-refractivity contribution in [2.75, 3.05) is 6.26 Å². The number of hydrogen-bond acceptors (Lipinski definition) is 2. The molecule has 1 aromatic carbocycles. The van der Waals surface area contributed by atoms with E-state index in [1.807, 2.05) is 34.9 Å². The van der Waals surface area contributed by atoms with Crippen LogP contribution in [0.4, 0.5) is 4.39 Å². The van der Waals surface area contributed by atoms with Crippen LogP contribution in [0.15, 0.2) is 17.0 Å². The van der Waals surface area contributed by atoms with Gasteiger partial charge in [0.1, 0.15) is 11.6 Å². The molecular weight excluding hydrogens is 288 g/mol. The molecule has 1 aromatic rings. The molecule has 0 atom stereocenters. The van der Waals surface area contributed by atoms with Gasteiger partial charge >= 0.3 is 0 Å². The molecule has 0 radical (unpaired) electrons. The Labute approximate surface area is 88.1 Å². The van der Waals surface area contributed by atoms with Crippen LogP contribution in [0.5, 0.6) is 0 Å². The van der Waals surface area contributed by atoms with E-state index in [0.717, 1.165) is 0 Å². The van der Waals surface area contributed by atoms with Crippen LogP contribution in [-0.4, -0.2) is 6.26 Å². The monoisotopic (exact) mass is 293 g/mol. The van der Waals surface area contributed by atoms with E-state index in [1.165, 1.54) is 11.8 Å². The normalized spacial score (nSPS) is 9.50. The molecule has 0 aliphatic carbocycles. The minimum atomic E-state index is -0.412. The van der Waals surface area contributed by atoms with Crippen molar-refractivity contribution in [1.29, 1.82) is 5.26 Å². The van der Waals surface area contributed by atoms with Gasteiger partial charge in [-0.1, -0.05) is 0 Å². The minimum absolute atomic E-state index is 0.148. The highest BCUT2D eigenvalue weighted by Crippen LogP contribution is 2.25. The molecule has 0 aliphatic rings. The predicted molar refractivity (Wildman–Crippen MR) is 55.6 cm³/mol. The maximum Gasteiger partial charge on any atom is 0.155 e. The molecule has 0 bridgehead atoms. The zero-order chi connectivity index (χ0) is 9.14. The molecular formula is C8H5FINS. The Morgan fingerprint density at radius 1 is 1.58 bits per heavy atom. The molecule has 0 fully saturated rings. The molecule has 0 amide bonds. The number of thioether (sulfide) groups is 1. The lowest BCUT2D eigenvalue weighted by Crippen LogP contribution is -1.90. The summed E-state index contributed by atoms with van der Waals surface area (Å²) in [5.74, 6) is -0.412. The van der Waals surface area contributed by atoms with Crippen molar-refractivity contribution in [2.45, 2.75) is 4.90 Å². The van der Waals surface area contributed by atoms with Crippen LogP contribution in [-0.2, 0) is 0 Å². The first-order valence-electron chi connectivity index (χ1n) is 3.12. The lowest BCUT2D eigenvalue weighted by molar-refractivity contribution is 0.612. The topological polar surface area (TPSA) is 23.8 Å². The van der Waals surface area contributed by atoms with Crippen molar-refractivity contribution >= 4 is 34.4 Å². The first kappa shape index (κ1) is 9.81. The predicted octanol–water partition coefficient (Wildman–Crippen LogP) is 3.02. The molecule has 62 valence electrons. The maximum atomic E-state index is 13.2. The Morgan fingerprint density at radius 3 is 2.75 bits per heavy atom. The average molecular weight is 293 g/mol. The number of rotatable bonds is 1. The summed E-state index contributed by atoms with van der Waals surface area (Å²) in [5, 5.41) is 8.65. The summed E-state index contributed by atoms with van der Waals surface area (Å²) in [4.78, 5) is 0.690. The first-order valence-corrected chi connectivity index (χ1v) is 5.43. The third-order valence-corrected chi connectivity index (χ3v) is 3.00. The molecule has 0 aromatic heterocycles. The third kappa shape index (κ3) is 1.72. The lowest BCUT2D eigenvalue weighted by atomic mass is 10.2. The molecule has 1 nitrogen and oxygen atoms in total. The summed E-state index contributed by atoms with van der Waals surface area (Å²) in [6.45, 7) is 0. The second-order valence-corrected chi connectivity index (χ2v) is 4.06. The van der Waals surface area contributed by atoms with Crippen LogP contribution < -0.4 is 0 Å². The van der Waals surface area contributed by atoms with Gasteiger partial charge in [-0.2, -0.15) is 5.26 Å². The summed E-state index contributed by atoms with van der Waals surface area (Å²) in [6, 6.07) is 5.28. The zero-order valence-electron chi connectivity index (χ0n) is 6.27. The van der Waals surface area contributed by atoms with E-state index in [0.29, 0.717) is 8.47 Å². The Balaban J connectivity index is 3.38. The van der Waals surface area contributed by atoms with Gasteiger partial charge in [0.05, 0.1) is 3.57 Å². The van der Waals surface area contributed by atoms with Gasteiger partial charge in [0.25, 0.3) is 0 Å². The molecule has 0 heterocycles. The highest BCUT2D eigenvalue weighted by molar-refractivity contribution is 14.1. The number of hydrogen-bond donors (Lipinski definition) is 0. The van der Waals surface area contributed by atoms with Gasteiger partial charge in [-0.25, -0.2) is 4.39 Å². The van der Waals surface area contributed by atoms with Gasteiger partial charge in [-0.3, -0.25) is 0 Å². The van der Waals surface area contributed by atoms with E-state index in [4.69, 9.17) is 5.26 Å². The number of nitrogens with zero attached hydrogens (tertiary/aromatic N) is 1. The largest absolute Gasteiger partial charge is 0.204 e. The second kappa shape index (κ2) is 4.10. The fourth-order valence-electron chi connectivity index (χ4n) is 0.807. The number of benzene rings is 1. The molecule has 1 rings (SSSR count). The molecule has 0 N–H and O–H groups in total. The quantitative estimate of drug-likeness (QED) is 0.587. The van der Waals surface area contributed by atoms with Crippen molar-refractivity contribution in [3.63, 3.8) is 0 Å². The Kier molecular flexibility index (Phi) is 3.35. The molecule has 0 unspecified atom stereocenters. The van der Waals surface area contributed by atoms with Crippen molar-refractivity contribution in [1.82, 2.24) is 0 Å². The van der Waals surface area contributed by atoms with Crippen molar-refractivity contribution in [2.24, 2.45) is 0 Å². The standard InChI is InChI=1S/C8H5FINS/c1-12-7-3-2-6(10)8(9)5(7)4-11/h2-3H,1H3. The molecule has 0 aliphatic heterocycles. The van der Waals surface area contributed by atoms with Crippen LogP contribution >= 0.6 is 34.4 Å². The first-order chi connectivity index (χ1) is 5.70. The van der Waals surface area contributed by atoms with Crippen LogP contribution in [0.1, 0.15) is 5.56 Å². The second-order valence-electron chi connectivity index (χ2n) is 2.05. The fourth-order valence-corrected chi connectivity index (χ4v) is 1.80. The van der Waals surface area contributed by atoms with Gasteiger partial charge in [0.15, 0.2) is 5.82 Å². The van der Waals surface area contributed by atoms with Gasteiger partial charge in [0, 0.05) is 4.90 Å². The van der Waals surface area contributed by atoms with E-state index in [1.54, 1.807) is 12.1 Å². The molecule has 12 heavy (non-hydrogen) atoms. The van der Waals surface area contributed by atoms with E-state index in [9.17, 15) is 4.39 Å². The van der Waals surface area contributed by atoms with Crippen LogP contribution in [0.2, 0.25) is 0 Å². The molecule has 0 saturated carbocycles. The number of nitriles is 1. The lowest BCUT2D eigenvalue weighted by Gasteiger charge is -2.01. The Bertz CT molecular complexity index is 346. The summed E-state index contributed by atoms with van der Waals surface area (Å²) in [5.41, 5.74) is 0.148. The SMILES string of the molecule is CSc1ccc(I)c(F)c1C#N. The van der Waals surface area contributed by atoms with Gasteiger partial charge in [-0.15, -0.1) is 11.8 Å². The third-order valence-electron chi connectivity index (χ3n) is 1.39. The fraction of sp³-hybridized carbons (Fsp3) is 0.125. The molecule has 0 saturated heterocycles. The number of halogens is 2. The zero-order valence-corrected chi connectivity index (χ0v) is 9.24. The minimum Gasteiger partial charge on any atom is -0.204 e. The summed E-state index contributed by atoms with van der Waals surface area (Å²) in [6.07, 6.45) is 1.82. The average Bonchev–Trinajstić information content (AvgIpc) is 2.09. The van der Waals surface area contributed by atoms with Gasteiger partial charge < -0.3 is 0 Å². The smallest absolute Gasteiger partial charge is 0.155 e. The Hall–Kier alpha value is -0.280. The van der Waals surface area contributed by atoms with Crippen molar-refractivity contribution in [3.05, 3.63) is 27.1 Å². The summed E-state index contributed by atoms with van der Waals surface area (Å²) in [7, 11) is 0. The van der Waals surface area contributed by atoms with Crippen LogP contribution in [0.3, 0.4) is 0 Å². The van der Waals surface area contributed by atoms with Crippen LogP contribution in [0.25, 0.3) is 0 Å². The summed E-state index contributed by atoms with van der Waals surface area (Å²) < 4.78 is 13.7. The van der Waals surface area contributed by atoms with E-state index in [2.05, 4.69) is 0 Å². The van der Waals surface area contributed by atoms with E-state index >= 15 is 0 Å². The van der Waals surface area contributed by atoms with Crippen LogP contribution in [0, 0.1) is 20.7 Å². The van der Waals surface area contributed by atoms with Gasteiger partial charge in [0.2, 0.25) is 0 Å².